The summed E-state index contributed by atoms with van der Waals surface area (Å²) < 4.78 is 0. The number of hydrogen-bond acceptors (Lipinski definition) is 5. The summed E-state index contributed by atoms with van der Waals surface area (Å²) in [4.78, 5) is 0. The van der Waals surface area contributed by atoms with Crippen LogP contribution >= 0.6 is 11.6 Å². The lowest BCUT2D eigenvalue weighted by Crippen LogP contribution is -2.05. The van der Waals surface area contributed by atoms with Crippen molar-refractivity contribution in [2.75, 3.05) is 10.7 Å². The van der Waals surface area contributed by atoms with E-state index in [-0.39, 0.29) is 0 Å². The number of hydrazone groups is 1. The monoisotopic (exact) mass is 331 g/mol. The molecule has 2 rings (SSSR count). The van der Waals surface area contributed by atoms with Crippen LogP contribution in [0.4, 0.5) is 17.2 Å². The van der Waals surface area contributed by atoms with Crippen molar-refractivity contribution < 1.29 is 0 Å². The van der Waals surface area contributed by atoms with Crippen LogP contribution in [0.2, 0.25) is 5.15 Å². The smallest absolute Gasteiger partial charge is 0.192 e. The Morgan fingerprint density at radius 1 is 1.09 bits per heavy atom. The first-order valence-electron chi connectivity index (χ1n) is 7.89. The van der Waals surface area contributed by atoms with Gasteiger partial charge in [-0.2, -0.15) is 5.10 Å². The van der Waals surface area contributed by atoms with Crippen LogP contribution < -0.4 is 10.7 Å². The maximum atomic E-state index is 5.97. The lowest BCUT2D eigenvalue weighted by Gasteiger charge is -2.11. The molecule has 0 amide bonds. The first-order chi connectivity index (χ1) is 11.2. The summed E-state index contributed by atoms with van der Waals surface area (Å²) in [6.45, 7) is 4.30. The van der Waals surface area contributed by atoms with Crippen molar-refractivity contribution in [2.45, 2.75) is 39.5 Å². The van der Waals surface area contributed by atoms with Crippen LogP contribution in [0.1, 0.15) is 39.5 Å². The molecular formula is C17H22ClN5. The molecule has 0 aliphatic heterocycles. The Hall–Kier alpha value is -2.14. The van der Waals surface area contributed by atoms with Crippen LogP contribution in [-0.2, 0) is 0 Å². The van der Waals surface area contributed by atoms with Crippen molar-refractivity contribution in [1.82, 2.24) is 10.2 Å². The molecule has 0 spiro atoms. The van der Waals surface area contributed by atoms with Crippen molar-refractivity contribution in [1.29, 1.82) is 0 Å². The number of rotatable bonds is 8. The summed E-state index contributed by atoms with van der Waals surface area (Å²) in [5.74, 6) is 0.558. The van der Waals surface area contributed by atoms with Crippen molar-refractivity contribution in [3.05, 3.63) is 41.6 Å². The fourth-order valence-corrected chi connectivity index (χ4v) is 2.32. The van der Waals surface area contributed by atoms with E-state index >= 15 is 0 Å². The molecule has 0 bridgehead atoms. The average Bonchev–Trinajstić information content (AvgIpc) is 2.55. The van der Waals surface area contributed by atoms with Crippen molar-refractivity contribution in [3.8, 4) is 0 Å². The van der Waals surface area contributed by atoms with Crippen molar-refractivity contribution in [2.24, 2.45) is 5.10 Å². The number of para-hydroxylation sites is 1. The van der Waals surface area contributed by atoms with E-state index < -0.39 is 0 Å². The molecular weight excluding hydrogens is 310 g/mol. The summed E-state index contributed by atoms with van der Waals surface area (Å²) in [5.41, 5.74) is 5.85. The standard InChI is InChI=1S/C17H22ClN5/c1-3-8-14(9-4-2)20-22-17-15(12-16(18)21-23-17)19-13-10-6-5-7-11-13/h5-7,10-12H,3-4,8-9H2,1-2H3,(H,19,21)(H,22,23). The van der Waals surface area contributed by atoms with Crippen LogP contribution in [0.5, 0.6) is 0 Å². The first-order valence-corrected chi connectivity index (χ1v) is 8.27. The molecule has 6 heteroatoms. The van der Waals surface area contributed by atoms with Gasteiger partial charge < -0.3 is 5.32 Å². The zero-order valence-corrected chi connectivity index (χ0v) is 14.3. The number of benzene rings is 1. The van der Waals surface area contributed by atoms with E-state index in [4.69, 9.17) is 11.6 Å². The van der Waals surface area contributed by atoms with Gasteiger partial charge in [0.2, 0.25) is 0 Å². The Kier molecular flexibility index (Phi) is 6.81. The predicted molar refractivity (Wildman–Crippen MR) is 97.6 cm³/mol. The van der Waals surface area contributed by atoms with E-state index in [1.165, 1.54) is 0 Å². The SMILES string of the molecule is CCCC(CCC)=NNc1nnc(Cl)cc1Nc1ccccc1. The number of hydrogen-bond donors (Lipinski definition) is 2. The number of nitrogens with one attached hydrogen (secondary N) is 2. The van der Waals surface area contributed by atoms with Gasteiger partial charge in [0.05, 0.1) is 5.69 Å². The molecule has 0 saturated carbocycles. The highest BCUT2D eigenvalue weighted by atomic mass is 35.5. The molecule has 2 N–H and O–H groups in total. The van der Waals surface area contributed by atoms with E-state index in [0.29, 0.717) is 11.0 Å². The van der Waals surface area contributed by atoms with Gasteiger partial charge in [-0.15, -0.1) is 10.2 Å². The van der Waals surface area contributed by atoms with E-state index in [9.17, 15) is 0 Å². The molecule has 0 aliphatic carbocycles. The van der Waals surface area contributed by atoms with Gasteiger partial charge in [0, 0.05) is 17.5 Å². The number of anilines is 3. The highest BCUT2D eigenvalue weighted by molar-refractivity contribution is 6.29. The summed E-state index contributed by atoms with van der Waals surface area (Å²) in [6.07, 6.45) is 4.09. The molecule has 0 saturated heterocycles. The fraction of sp³-hybridized carbons (Fsp3) is 0.353. The molecule has 122 valence electrons. The summed E-state index contributed by atoms with van der Waals surface area (Å²) in [6, 6.07) is 11.6. The molecule has 23 heavy (non-hydrogen) atoms. The minimum Gasteiger partial charge on any atom is -0.352 e. The predicted octanol–water partition coefficient (Wildman–Crippen LogP) is 5.24. The summed E-state index contributed by atoms with van der Waals surface area (Å²) in [7, 11) is 0. The summed E-state index contributed by atoms with van der Waals surface area (Å²) >= 11 is 5.97. The van der Waals surface area contributed by atoms with Gasteiger partial charge in [0.25, 0.3) is 0 Å². The van der Waals surface area contributed by atoms with E-state index in [1.54, 1.807) is 6.07 Å². The van der Waals surface area contributed by atoms with Gasteiger partial charge in [0.1, 0.15) is 0 Å². The van der Waals surface area contributed by atoms with E-state index in [0.717, 1.165) is 42.8 Å². The lowest BCUT2D eigenvalue weighted by molar-refractivity contribution is 0.906. The number of halogens is 1. The molecule has 5 nitrogen and oxygen atoms in total. The second-order valence-electron chi connectivity index (χ2n) is 5.21. The lowest BCUT2D eigenvalue weighted by atomic mass is 10.1. The van der Waals surface area contributed by atoms with E-state index in [1.807, 2.05) is 30.3 Å². The largest absolute Gasteiger partial charge is 0.352 e. The number of aromatic nitrogens is 2. The molecule has 1 aromatic heterocycles. The maximum absolute atomic E-state index is 5.97. The van der Waals surface area contributed by atoms with Gasteiger partial charge >= 0.3 is 0 Å². The Bertz CT molecular complexity index is 635. The maximum Gasteiger partial charge on any atom is 0.192 e. The zero-order chi connectivity index (χ0) is 16.5. The second kappa shape index (κ2) is 9.10. The highest BCUT2D eigenvalue weighted by Gasteiger charge is 2.07. The van der Waals surface area contributed by atoms with Crippen LogP contribution in [0.15, 0.2) is 41.5 Å². The zero-order valence-electron chi connectivity index (χ0n) is 13.5. The number of nitrogens with zero attached hydrogens (tertiary/aromatic N) is 3. The summed E-state index contributed by atoms with van der Waals surface area (Å²) in [5, 5.41) is 16.1. The van der Waals surface area contributed by atoms with Gasteiger partial charge in [-0.1, -0.05) is 56.5 Å². The molecule has 0 fully saturated rings. The third kappa shape index (κ3) is 5.53. The highest BCUT2D eigenvalue weighted by Crippen LogP contribution is 2.25. The Morgan fingerprint density at radius 2 is 1.78 bits per heavy atom. The normalized spacial score (nSPS) is 10.2. The molecule has 0 radical (unpaired) electrons. The van der Waals surface area contributed by atoms with Crippen LogP contribution in [0.3, 0.4) is 0 Å². The minimum atomic E-state index is 0.334. The van der Waals surface area contributed by atoms with Crippen molar-refractivity contribution in [3.63, 3.8) is 0 Å². The Balaban J connectivity index is 2.19. The first kappa shape index (κ1) is 17.2. The minimum absolute atomic E-state index is 0.334. The molecule has 0 atom stereocenters. The van der Waals surface area contributed by atoms with Gasteiger partial charge in [-0.25, -0.2) is 0 Å². The Morgan fingerprint density at radius 3 is 2.43 bits per heavy atom. The van der Waals surface area contributed by atoms with Gasteiger partial charge in [-0.3, -0.25) is 5.43 Å². The second-order valence-corrected chi connectivity index (χ2v) is 5.60. The third-order valence-electron chi connectivity index (χ3n) is 3.21. The Labute approximate surface area is 142 Å². The van der Waals surface area contributed by atoms with Crippen LogP contribution in [0.25, 0.3) is 0 Å². The molecule has 0 aliphatic rings. The van der Waals surface area contributed by atoms with E-state index in [2.05, 4.69) is 39.9 Å². The van der Waals surface area contributed by atoms with Crippen molar-refractivity contribution >= 4 is 34.5 Å². The average molecular weight is 332 g/mol. The quantitative estimate of drug-likeness (QED) is 0.512. The van der Waals surface area contributed by atoms with Crippen LogP contribution in [-0.4, -0.2) is 15.9 Å². The van der Waals surface area contributed by atoms with Gasteiger partial charge in [-0.05, 0) is 25.0 Å². The molecule has 2 aromatic rings. The van der Waals surface area contributed by atoms with Crippen LogP contribution in [0, 0.1) is 0 Å². The third-order valence-corrected chi connectivity index (χ3v) is 3.40. The molecule has 1 heterocycles. The topological polar surface area (TPSA) is 62.2 Å². The fourth-order valence-electron chi connectivity index (χ4n) is 2.17. The molecule has 0 unspecified atom stereocenters. The molecule has 1 aromatic carbocycles. The van der Waals surface area contributed by atoms with Gasteiger partial charge in [0.15, 0.2) is 11.0 Å².